The number of aromatic nitrogens is 4. The molecule has 0 unspecified atom stereocenters. The van der Waals surface area contributed by atoms with Crippen LogP contribution in [0.3, 0.4) is 0 Å². The van der Waals surface area contributed by atoms with Gasteiger partial charge in [0.2, 0.25) is 11.3 Å². The Morgan fingerprint density at radius 3 is 2.49 bits per heavy atom. The predicted molar refractivity (Wildman–Crippen MR) is 142 cm³/mol. The lowest BCUT2D eigenvalue weighted by molar-refractivity contribution is -0.138. The van der Waals surface area contributed by atoms with Crippen molar-refractivity contribution in [2.45, 2.75) is 13.2 Å². The van der Waals surface area contributed by atoms with Gasteiger partial charge in [-0.05, 0) is 12.1 Å². The van der Waals surface area contributed by atoms with Crippen molar-refractivity contribution in [1.82, 2.24) is 25.3 Å². The zero-order chi connectivity index (χ0) is 31.0. The summed E-state index contributed by atoms with van der Waals surface area (Å²) in [5, 5.41) is 58.1. The number of ether oxygens (including phenoxy) is 1. The summed E-state index contributed by atoms with van der Waals surface area (Å²) in [5.74, 6) is -5.99. The summed E-state index contributed by atoms with van der Waals surface area (Å²) in [5.41, 5.74) is -3.21. The van der Waals surface area contributed by atoms with E-state index in [9.17, 15) is 44.4 Å². The summed E-state index contributed by atoms with van der Waals surface area (Å²) in [6, 6.07) is 4.40. The number of aromatic hydroxyl groups is 4. The number of amides is 1. The van der Waals surface area contributed by atoms with Gasteiger partial charge >= 0.3 is 11.9 Å². The van der Waals surface area contributed by atoms with E-state index in [-0.39, 0.29) is 39.9 Å². The molecule has 17 nitrogen and oxygen atoms in total. The molecule has 7 N–H and O–H groups in total. The molecule has 0 atom stereocenters. The maximum Gasteiger partial charge on any atom is 0.343 e. The number of carboxylic acid groups (broad SMARTS) is 1. The van der Waals surface area contributed by atoms with Crippen LogP contribution >= 0.6 is 0 Å². The largest absolute Gasteiger partial charge is 0.504 e. The lowest BCUT2D eigenvalue weighted by Crippen LogP contribution is -2.32. The average Bonchev–Trinajstić information content (AvgIpc) is 3.40. The van der Waals surface area contributed by atoms with Gasteiger partial charge in [0.25, 0.3) is 5.56 Å². The molecule has 43 heavy (non-hydrogen) atoms. The zero-order valence-electron chi connectivity index (χ0n) is 21.5. The van der Waals surface area contributed by atoms with Crippen LogP contribution in [0.5, 0.6) is 23.0 Å². The van der Waals surface area contributed by atoms with Gasteiger partial charge in [-0.15, -0.1) is 5.10 Å². The normalized spacial score (nSPS) is 11.1. The number of phenols is 4. The molecule has 3 heterocycles. The average molecular weight is 593 g/mol. The minimum Gasteiger partial charge on any atom is -0.504 e. The number of hydrogen-bond acceptors (Lipinski definition) is 13. The van der Waals surface area contributed by atoms with Crippen molar-refractivity contribution in [2.75, 3.05) is 6.54 Å². The number of phenolic OH excluding ortho intramolecular Hbond substituents is 4. The number of carbonyl (C=O) groups excluding carboxylic acids is 2. The Kier molecular flexibility index (Phi) is 7.12. The van der Waals surface area contributed by atoms with Crippen LogP contribution in [0.25, 0.3) is 33.0 Å². The molecule has 0 radical (unpaired) electrons. The number of fused-ring (bicyclic) bond motifs is 2. The van der Waals surface area contributed by atoms with Crippen LogP contribution in [-0.2, 0) is 27.5 Å². The van der Waals surface area contributed by atoms with Crippen LogP contribution in [0.1, 0.15) is 16.1 Å². The monoisotopic (exact) mass is 593 g/mol. The molecule has 5 rings (SSSR count). The van der Waals surface area contributed by atoms with Crippen molar-refractivity contribution in [3.05, 3.63) is 68.6 Å². The molecule has 0 saturated carbocycles. The molecule has 0 bridgehead atoms. The number of rotatable bonds is 8. The number of aliphatic carboxylic acids is 1. The maximum atomic E-state index is 13.6. The number of H-pyrrole nitrogens is 1. The first kappa shape index (κ1) is 28.1. The van der Waals surface area contributed by atoms with E-state index in [0.717, 1.165) is 29.1 Å². The van der Waals surface area contributed by atoms with Gasteiger partial charge in [-0.3, -0.25) is 19.2 Å². The third-order valence-electron chi connectivity index (χ3n) is 6.13. The molecule has 3 aromatic heterocycles. The van der Waals surface area contributed by atoms with Gasteiger partial charge in [0.1, 0.15) is 42.8 Å². The van der Waals surface area contributed by atoms with Crippen LogP contribution in [0.4, 0.5) is 0 Å². The summed E-state index contributed by atoms with van der Waals surface area (Å²) in [7, 11) is 0. The van der Waals surface area contributed by atoms with Gasteiger partial charge in [-0.25, -0.2) is 9.48 Å². The highest BCUT2D eigenvalue weighted by Gasteiger charge is 2.26. The minimum atomic E-state index is -1.29. The van der Waals surface area contributed by atoms with Crippen LogP contribution < -0.4 is 16.3 Å². The fraction of sp³-hybridized carbons (Fsp3) is 0.115. The van der Waals surface area contributed by atoms with Crippen LogP contribution in [0, 0.1) is 0 Å². The third kappa shape index (κ3) is 5.49. The van der Waals surface area contributed by atoms with Crippen molar-refractivity contribution in [3.8, 4) is 34.1 Å². The number of nitrogens with zero attached hydrogens (tertiary/aromatic N) is 3. The van der Waals surface area contributed by atoms with Crippen LogP contribution in [0.15, 0.2) is 50.7 Å². The first-order valence-corrected chi connectivity index (χ1v) is 12.1. The number of pyridine rings is 1. The summed E-state index contributed by atoms with van der Waals surface area (Å²) in [6.07, 6.45) is 2.14. The van der Waals surface area contributed by atoms with E-state index in [4.69, 9.17) is 14.3 Å². The Labute approximate surface area is 236 Å². The highest BCUT2D eigenvalue weighted by Crippen LogP contribution is 2.36. The second-order valence-electron chi connectivity index (χ2n) is 9.07. The molecule has 0 fully saturated rings. The van der Waals surface area contributed by atoms with Gasteiger partial charge in [-0.2, -0.15) is 0 Å². The maximum absolute atomic E-state index is 13.6. The Balaban J connectivity index is 1.48. The lowest BCUT2D eigenvalue weighted by atomic mass is 10.0. The van der Waals surface area contributed by atoms with Gasteiger partial charge < -0.3 is 45.0 Å². The molecule has 0 aliphatic rings. The molecule has 0 aliphatic carbocycles. The van der Waals surface area contributed by atoms with Crippen molar-refractivity contribution in [2.24, 2.45) is 0 Å². The summed E-state index contributed by atoms with van der Waals surface area (Å²) >= 11 is 0. The van der Waals surface area contributed by atoms with E-state index in [0.29, 0.717) is 0 Å². The third-order valence-corrected chi connectivity index (χ3v) is 6.13. The van der Waals surface area contributed by atoms with Crippen molar-refractivity contribution in [1.29, 1.82) is 0 Å². The number of benzene rings is 2. The molecule has 1 amide bonds. The smallest absolute Gasteiger partial charge is 0.343 e. The summed E-state index contributed by atoms with van der Waals surface area (Å²) in [6.45, 7) is -1.54. The molecule has 2 aromatic carbocycles. The van der Waals surface area contributed by atoms with Gasteiger partial charge in [0.15, 0.2) is 23.0 Å². The minimum absolute atomic E-state index is 0.0352. The Hall–Kier alpha value is -6.39. The van der Waals surface area contributed by atoms with Crippen molar-refractivity contribution >= 4 is 39.7 Å². The van der Waals surface area contributed by atoms with Gasteiger partial charge in [-0.1, -0.05) is 5.21 Å². The van der Waals surface area contributed by atoms with Crippen LogP contribution in [-0.4, -0.2) is 69.9 Å². The molecular formula is C26H19N5O12. The standard InChI is InChI=1S/C26H19N5O12/c32-15-2-10-1-12(25(40)28-14(10)3-16(15)33)13-9-42-18-4-17(34)24(39)22(21(18)23(13)38)26(41)43-8-11-6-31(30-29-11)7-19(35)27-5-20(36)37/h1-4,6,9,32-34,39H,5,7-8H2,(H,27,35)(H,28,40)(H,36,37). The fourth-order valence-corrected chi connectivity index (χ4v) is 4.15. The van der Waals surface area contributed by atoms with Crippen molar-refractivity contribution in [3.63, 3.8) is 0 Å². The molecule has 5 aromatic rings. The SMILES string of the molecule is O=C(O)CNC(=O)Cn1cc(COC(=O)c2c(O)c(O)cc3occ(-c4cc5cc(O)c(O)cc5[nH]c4=O)c(=O)c23)nn1. The lowest BCUT2D eigenvalue weighted by Gasteiger charge is -2.11. The van der Waals surface area contributed by atoms with E-state index in [1.54, 1.807) is 0 Å². The molecular weight excluding hydrogens is 574 g/mol. The predicted octanol–water partition coefficient (Wildman–Crippen LogP) is 0.273. The Morgan fingerprint density at radius 2 is 1.74 bits per heavy atom. The summed E-state index contributed by atoms with van der Waals surface area (Å²) < 4.78 is 11.6. The highest BCUT2D eigenvalue weighted by atomic mass is 16.5. The molecule has 220 valence electrons. The topological polar surface area (TPSA) is 267 Å². The first-order valence-electron chi connectivity index (χ1n) is 12.1. The van der Waals surface area contributed by atoms with E-state index in [2.05, 4.69) is 20.6 Å². The van der Waals surface area contributed by atoms with Gasteiger partial charge in [0, 0.05) is 17.5 Å². The number of nitrogens with one attached hydrogen (secondary N) is 2. The molecule has 0 spiro atoms. The van der Waals surface area contributed by atoms with Crippen molar-refractivity contribution < 1.29 is 49.1 Å². The first-order chi connectivity index (χ1) is 20.4. The zero-order valence-corrected chi connectivity index (χ0v) is 21.5. The fourth-order valence-electron chi connectivity index (χ4n) is 4.15. The van der Waals surface area contributed by atoms with E-state index >= 15 is 0 Å². The number of carbonyl (C=O) groups is 3. The van der Waals surface area contributed by atoms with E-state index in [1.165, 1.54) is 12.3 Å². The second kappa shape index (κ2) is 10.9. The van der Waals surface area contributed by atoms with E-state index < -0.39 is 75.9 Å². The molecule has 0 saturated heterocycles. The van der Waals surface area contributed by atoms with E-state index in [1.807, 2.05) is 0 Å². The second-order valence-corrected chi connectivity index (χ2v) is 9.07. The number of esters is 1. The number of hydrogen-bond donors (Lipinski definition) is 7. The number of carboxylic acids is 1. The highest BCUT2D eigenvalue weighted by molar-refractivity contribution is 6.07. The summed E-state index contributed by atoms with van der Waals surface area (Å²) in [4.78, 5) is 64.3. The van der Waals surface area contributed by atoms with Crippen LogP contribution in [0.2, 0.25) is 0 Å². The number of aromatic amines is 1. The van der Waals surface area contributed by atoms with Gasteiger partial charge in [0.05, 0.1) is 28.2 Å². The molecule has 0 aliphatic heterocycles. The Morgan fingerprint density at radius 1 is 1.00 bits per heavy atom. The molecule has 17 heteroatoms. The Bertz CT molecular complexity index is 2080. The quantitative estimate of drug-likeness (QED) is 0.0940.